The second-order valence-electron chi connectivity index (χ2n) is 6.09. The van der Waals surface area contributed by atoms with Gasteiger partial charge in [-0.05, 0) is 18.6 Å². The first-order chi connectivity index (χ1) is 11.1. The number of carbonyl (C=O) groups excluding carboxylic acids is 1. The summed E-state index contributed by atoms with van der Waals surface area (Å²) >= 11 is 6.01. The van der Waals surface area contributed by atoms with Crippen molar-refractivity contribution in [2.45, 2.75) is 33.4 Å². The molecule has 2 aromatic heterocycles. The van der Waals surface area contributed by atoms with Gasteiger partial charge in [0.1, 0.15) is 5.65 Å². The lowest BCUT2D eigenvalue weighted by Gasteiger charge is -2.30. The van der Waals surface area contributed by atoms with Crippen molar-refractivity contribution in [3.05, 3.63) is 29.0 Å². The third kappa shape index (κ3) is 3.35. The lowest BCUT2D eigenvalue weighted by atomic mass is 10.1. The Morgan fingerprint density at radius 2 is 2.26 bits per heavy atom. The second-order valence-corrected chi connectivity index (χ2v) is 6.53. The summed E-state index contributed by atoms with van der Waals surface area (Å²) in [5, 5.41) is 1.66. The van der Waals surface area contributed by atoms with Gasteiger partial charge in [0.25, 0.3) is 0 Å². The van der Waals surface area contributed by atoms with Crippen molar-refractivity contribution >= 4 is 28.5 Å². The van der Waals surface area contributed by atoms with Gasteiger partial charge in [0, 0.05) is 37.0 Å². The van der Waals surface area contributed by atoms with E-state index < -0.39 is 0 Å². The summed E-state index contributed by atoms with van der Waals surface area (Å²) < 4.78 is 7.68. The third-order valence-electron chi connectivity index (χ3n) is 4.18. The van der Waals surface area contributed by atoms with Gasteiger partial charge in [0.15, 0.2) is 0 Å². The molecule has 0 saturated carbocycles. The monoisotopic (exact) mass is 335 g/mol. The van der Waals surface area contributed by atoms with Gasteiger partial charge in [0.05, 0.1) is 24.1 Å². The van der Waals surface area contributed by atoms with Gasteiger partial charge in [-0.1, -0.05) is 25.4 Å². The van der Waals surface area contributed by atoms with E-state index in [9.17, 15) is 4.79 Å². The summed E-state index contributed by atoms with van der Waals surface area (Å²) in [4.78, 5) is 18.9. The van der Waals surface area contributed by atoms with Crippen molar-refractivity contribution in [1.29, 1.82) is 0 Å². The Morgan fingerprint density at radius 3 is 3.04 bits per heavy atom. The predicted octanol–water partition coefficient (Wildman–Crippen LogP) is 3.09. The molecule has 0 spiro atoms. The molecule has 0 fully saturated rings. The van der Waals surface area contributed by atoms with Crippen molar-refractivity contribution in [3.8, 4) is 0 Å². The van der Waals surface area contributed by atoms with Crippen molar-refractivity contribution in [2.24, 2.45) is 5.92 Å². The molecule has 1 atom stereocenters. The van der Waals surface area contributed by atoms with E-state index in [2.05, 4.69) is 22.5 Å². The number of rotatable bonds is 5. The summed E-state index contributed by atoms with van der Waals surface area (Å²) in [5.74, 6) is 0.0497. The summed E-state index contributed by atoms with van der Waals surface area (Å²) in [6, 6.07) is 3.99. The van der Waals surface area contributed by atoms with Gasteiger partial charge < -0.3 is 14.2 Å². The predicted molar refractivity (Wildman–Crippen MR) is 90.4 cm³/mol. The van der Waals surface area contributed by atoms with Crippen LogP contribution in [0, 0.1) is 5.92 Å². The van der Waals surface area contributed by atoms with Crippen LogP contribution >= 0.6 is 11.6 Å². The van der Waals surface area contributed by atoms with Gasteiger partial charge in [-0.15, -0.1) is 0 Å². The molecule has 6 heteroatoms. The quantitative estimate of drug-likeness (QED) is 0.789. The van der Waals surface area contributed by atoms with Gasteiger partial charge in [0.2, 0.25) is 5.91 Å². The molecule has 0 aliphatic carbocycles. The highest BCUT2D eigenvalue weighted by atomic mass is 35.5. The number of amides is 1. The minimum Gasteiger partial charge on any atom is -0.381 e. The van der Waals surface area contributed by atoms with E-state index in [-0.39, 0.29) is 11.8 Å². The Hall–Kier alpha value is -1.59. The van der Waals surface area contributed by atoms with Crippen molar-refractivity contribution in [2.75, 3.05) is 19.8 Å². The minimum absolute atomic E-state index is 0.106. The van der Waals surface area contributed by atoms with Crippen molar-refractivity contribution < 1.29 is 9.53 Å². The Bertz CT molecular complexity index is 713. The first-order valence-corrected chi connectivity index (χ1v) is 8.48. The third-order valence-corrected chi connectivity index (χ3v) is 4.39. The minimum atomic E-state index is -0.106. The molecule has 1 amide bonds. The number of pyridine rings is 1. The maximum absolute atomic E-state index is 12.6. The van der Waals surface area contributed by atoms with Crippen LogP contribution in [0.15, 0.2) is 18.3 Å². The Balaban J connectivity index is 1.72. The summed E-state index contributed by atoms with van der Waals surface area (Å²) in [5.41, 5.74) is 2.05. The molecule has 23 heavy (non-hydrogen) atoms. The van der Waals surface area contributed by atoms with E-state index in [1.54, 1.807) is 6.20 Å². The number of ether oxygens (including phenoxy) is 1. The van der Waals surface area contributed by atoms with E-state index in [1.807, 2.05) is 17.9 Å². The van der Waals surface area contributed by atoms with Gasteiger partial charge >= 0.3 is 0 Å². The van der Waals surface area contributed by atoms with Gasteiger partial charge in [-0.2, -0.15) is 0 Å². The molecular weight excluding hydrogens is 314 g/mol. The van der Waals surface area contributed by atoms with E-state index in [0.29, 0.717) is 31.3 Å². The SMILES string of the molecule is CCCOC[C@H](C)C(=O)N1CCn2c(cc3cc(Cl)cnc32)C1. The smallest absolute Gasteiger partial charge is 0.228 e. The molecule has 0 unspecified atom stereocenters. The van der Waals surface area contributed by atoms with Crippen molar-refractivity contribution in [3.63, 3.8) is 0 Å². The molecule has 3 rings (SSSR count). The van der Waals surface area contributed by atoms with Crippen LogP contribution in [-0.2, 0) is 22.6 Å². The fourth-order valence-electron chi connectivity index (χ4n) is 3.02. The normalized spacial score (nSPS) is 15.7. The first-order valence-electron chi connectivity index (χ1n) is 8.10. The first kappa shape index (κ1) is 16.3. The van der Waals surface area contributed by atoms with Crippen LogP contribution in [0.4, 0.5) is 0 Å². The highest BCUT2D eigenvalue weighted by Crippen LogP contribution is 2.25. The second kappa shape index (κ2) is 6.89. The zero-order valence-corrected chi connectivity index (χ0v) is 14.3. The largest absolute Gasteiger partial charge is 0.381 e. The summed E-state index contributed by atoms with van der Waals surface area (Å²) in [6.45, 7) is 7.28. The molecule has 1 aliphatic heterocycles. The van der Waals surface area contributed by atoms with Gasteiger partial charge in [-0.3, -0.25) is 4.79 Å². The summed E-state index contributed by atoms with van der Waals surface area (Å²) in [6.07, 6.45) is 2.64. The number of fused-ring (bicyclic) bond motifs is 3. The molecule has 3 heterocycles. The molecule has 2 aromatic rings. The Morgan fingerprint density at radius 1 is 1.43 bits per heavy atom. The average Bonchev–Trinajstić information content (AvgIpc) is 2.90. The lowest BCUT2D eigenvalue weighted by Crippen LogP contribution is -2.41. The molecule has 0 bridgehead atoms. The molecular formula is C17H22ClN3O2. The maximum atomic E-state index is 12.6. The van der Waals surface area contributed by atoms with E-state index in [0.717, 1.165) is 29.7 Å². The Kier molecular flexibility index (Phi) is 4.87. The van der Waals surface area contributed by atoms with Crippen LogP contribution in [0.2, 0.25) is 5.02 Å². The molecule has 0 N–H and O–H groups in total. The van der Waals surface area contributed by atoms with Crippen LogP contribution in [-0.4, -0.2) is 40.1 Å². The highest BCUT2D eigenvalue weighted by molar-refractivity contribution is 6.31. The zero-order valence-electron chi connectivity index (χ0n) is 13.6. The standard InChI is InChI=1S/C17H22ClN3O2/c1-3-6-23-11-12(2)17(22)20-4-5-21-15(10-20)8-13-7-14(18)9-19-16(13)21/h7-9,12H,3-6,10-11H2,1-2H3/t12-/m0/s1. The number of nitrogens with zero attached hydrogens (tertiary/aromatic N) is 3. The van der Waals surface area contributed by atoms with Crippen LogP contribution in [0.3, 0.4) is 0 Å². The molecule has 124 valence electrons. The molecule has 5 nitrogen and oxygen atoms in total. The van der Waals surface area contributed by atoms with E-state index in [4.69, 9.17) is 16.3 Å². The molecule has 0 radical (unpaired) electrons. The van der Waals surface area contributed by atoms with Crippen LogP contribution in [0.5, 0.6) is 0 Å². The molecule has 0 saturated heterocycles. The Labute approximate surface area is 141 Å². The summed E-state index contributed by atoms with van der Waals surface area (Å²) in [7, 11) is 0. The number of hydrogen-bond donors (Lipinski definition) is 0. The topological polar surface area (TPSA) is 47.4 Å². The van der Waals surface area contributed by atoms with Crippen LogP contribution in [0.1, 0.15) is 26.0 Å². The fourth-order valence-corrected chi connectivity index (χ4v) is 3.19. The molecule has 1 aliphatic rings. The number of halogens is 1. The number of aromatic nitrogens is 2. The molecule has 0 aromatic carbocycles. The fraction of sp³-hybridized carbons (Fsp3) is 0.529. The van der Waals surface area contributed by atoms with E-state index in [1.165, 1.54) is 0 Å². The maximum Gasteiger partial charge on any atom is 0.228 e. The van der Waals surface area contributed by atoms with Crippen LogP contribution < -0.4 is 0 Å². The van der Waals surface area contributed by atoms with E-state index >= 15 is 0 Å². The number of carbonyl (C=O) groups is 1. The van der Waals surface area contributed by atoms with Crippen LogP contribution in [0.25, 0.3) is 11.0 Å². The average molecular weight is 336 g/mol. The van der Waals surface area contributed by atoms with Gasteiger partial charge in [-0.25, -0.2) is 4.98 Å². The highest BCUT2D eigenvalue weighted by Gasteiger charge is 2.26. The number of hydrogen-bond acceptors (Lipinski definition) is 3. The lowest BCUT2D eigenvalue weighted by molar-refractivity contribution is -0.138. The zero-order chi connectivity index (χ0) is 16.4. The van der Waals surface area contributed by atoms with Crippen molar-refractivity contribution in [1.82, 2.24) is 14.5 Å².